The van der Waals surface area contributed by atoms with Crippen LogP contribution in [0.4, 0.5) is 0 Å². The molecule has 0 aliphatic carbocycles. The predicted molar refractivity (Wildman–Crippen MR) is 94.5 cm³/mol. The molecule has 0 fully saturated rings. The summed E-state index contributed by atoms with van der Waals surface area (Å²) in [4.78, 5) is 12.2. The average Bonchev–Trinajstić information content (AvgIpc) is 2.54. The van der Waals surface area contributed by atoms with Crippen molar-refractivity contribution in [1.29, 1.82) is 0 Å². The minimum atomic E-state index is -3.76. The highest BCUT2D eigenvalue weighted by Gasteiger charge is 2.21. The fraction of sp³-hybridized carbons (Fsp3) is 0.188. The topological polar surface area (TPSA) is 75.3 Å². The van der Waals surface area contributed by atoms with Gasteiger partial charge in [-0.05, 0) is 36.8 Å². The first-order chi connectivity index (χ1) is 11.3. The molecule has 5 nitrogen and oxygen atoms in total. The highest BCUT2D eigenvalue weighted by Crippen LogP contribution is 2.20. The van der Waals surface area contributed by atoms with Crippen LogP contribution in [-0.2, 0) is 21.4 Å². The molecular formula is C16H16Cl2N2O3S. The number of hydrogen-bond acceptors (Lipinski definition) is 3. The quantitative estimate of drug-likeness (QED) is 0.800. The monoisotopic (exact) mass is 386 g/mol. The van der Waals surface area contributed by atoms with Gasteiger partial charge >= 0.3 is 0 Å². The Morgan fingerprint density at radius 2 is 1.79 bits per heavy atom. The molecule has 1 unspecified atom stereocenters. The van der Waals surface area contributed by atoms with E-state index in [0.717, 1.165) is 0 Å². The molecule has 128 valence electrons. The van der Waals surface area contributed by atoms with E-state index in [1.165, 1.54) is 19.1 Å². The first kappa shape index (κ1) is 18.7. The lowest BCUT2D eigenvalue weighted by atomic mass is 10.2. The van der Waals surface area contributed by atoms with Gasteiger partial charge in [-0.15, -0.1) is 0 Å². The highest BCUT2D eigenvalue weighted by atomic mass is 35.5. The Hall–Kier alpha value is -1.60. The van der Waals surface area contributed by atoms with Gasteiger partial charge in [-0.25, -0.2) is 8.42 Å². The molecule has 2 aromatic rings. The Morgan fingerprint density at radius 3 is 2.42 bits per heavy atom. The molecule has 2 rings (SSSR count). The Labute approximate surface area is 151 Å². The van der Waals surface area contributed by atoms with Gasteiger partial charge in [0.2, 0.25) is 15.9 Å². The second-order valence-electron chi connectivity index (χ2n) is 5.11. The molecule has 2 N–H and O–H groups in total. The minimum absolute atomic E-state index is 0.102. The molecule has 24 heavy (non-hydrogen) atoms. The summed E-state index contributed by atoms with van der Waals surface area (Å²) in [7, 11) is -3.76. The Kier molecular flexibility index (Phi) is 6.23. The first-order valence-corrected chi connectivity index (χ1v) is 9.32. The van der Waals surface area contributed by atoms with E-state index in [2.05, 4.69) is 10.0 Å². The number of benzene rings is 2. The number of carbonyl (C=O) groups is 1. The van der Waals surface area contributed by atoms with Crippen LogP contribution in [0.5, 0.6) is 0 Å². The van der Waals surface area contributed by atoms with Crippen LogP contribution in [0.2, 0.25) is 10.0 Å². The van der Waals surface area contributed by atoms with E-state index in [9.17, 15) is 13.2 Å². The van der Waals surface area contributed by atoms with Crippen molar-refractivity contribution in [2.75, 3.05) is 0 Å². The zero-order valence-electron chi connectivity index (χ0n) is 12.8. The van der Waals surface area contributed by atoms with Crippen molar-refractivity contribution in [3.05, 3.63) is 64.1 Å². The molecule has 2 aromatic carbocycles. The zero-order valence-corrected chi connectivity index (χ0v) is 15.1. The number of halogens is 2. The molecule has 0 aliphatic heterocycles. The van der Waals surface area contributed by atoms with E-state index in [4.69, 9.17) is 23.2 Å². The van der Waals surface area contributed by atoms with Crippen LogP contribution in [0, 0.1) is 0 Å². The van der Waals surface area contributed by atoms with Crippen LogP contribution in [0.25, 0.3) is 0 Å². The van der Waals surface area contributed by atoms with Crippen LogP contribution >= 0.6 is 23.2 Å². The van der Waals surface area contributed by atoms with E-state index in [1.807, 2.05) is 0 Å². The highest BCUT2D eigenvalue weighted by molar-refractivity contribution is 7.89. The summed E-state index contributed by atoms with van der Waals surface area (Å²) >= 11 is 11.8. The van der Waals surface area contributed by atoms with Gasteiger partial charge in [0.15, 0.2) is 0 Å². The van der Waals surface area contributed by atoms with Crippen molar-refractivity contribution in [2.24, 2.45) is 0 Å². The maximum Gasteiger partial charge on any atom is 0.241 e. The molecule has 0 saturated heterocycles. The Morgan fingerprint density at radius 1 is 1.12 bits per heavy atom. The van der Waals surface area contributed by atoms with Crippen molar-refractivity contribution < 1.29 is 13.2 Å². The number of carbonyl (C=O) groups excluding carboxylic acids is 1. The Balaban J connectivity index is 1.97. The second-order valence-corrected chi connectivity index (χ2v) is 7.67. The predicted octanol–water partition coefficient (Wildman–Crippen LogP) is 2.98. The summed E-state index contributed by atoms with van der Waals surface area (Å²) in [5, 5.41) is 3.57. The van der Waals surface area contributed by atoms with E-state index in [0.29, 0.717) is 15.6 Å². The SMILES string of the molecule is CC(NS(=O)(=O)c1ccccc1)C(=O)NCc1ccc(Cl)cc1Cl. The van der Waals surface area contributed by atoms with Crippen LogP contribution in [0.3, 0.4) is 0 Å². The van der Waals surface area contributed by atoms with Gasteiger partial charge in [0.25, 0.3) is 0 Å². The van der Waals surface area contributed by atoms with Gasteiger partial charge in [-0.3, -0.25) is 4.79 Å². The van der Waals surface area contributed by atoms with Crippen molar-refractivity contribution in [3.63, 3.8) is 0 Å². The molecule has 1 amide bonds. The fourth-order valence-electron chi connectivity index (χ4n) is 1.95. The standard InChI is InChI=1S/C16H16Cl2N2O3S/c1-11(20-24(22,23)14-5-3-2-4-6-14)16(21)19-10-12-7-8-13(17)9-15(12)18/h2-9,11,20H,10H2,1H3,(H,19,21). The zero-order chi connectivity index (χ0) is 17.7. The van der Waals surface area contributed by atoms with Crippen LogP contribution in [0.1, 0.15) is 12.5 Å². The Bertz CT molecular complexity index is 826. The summed E-state index contributed by atoms with van der Waals surface area (Å²) in [6.07, 6.45) is 0. The van der Waals surface area contributed by atoms with E-state index >= 15 is 0 Å². The van der Waals surface area contributed by atoms with Crippen LogP contribution in [0.15, 0.2) is 53.4 Å². The second kappa shape index (κ2) is 7.98. The molecule has 0 heterocycles. The lowest BCUT2D eigenvalue weighted by Gasteiger charge is -2.15. The molecule has 0 bridgehead atoms. The van der Waals surface area contributed by atoms with Gasteiger partial charge in [0, 0.05) is 16.6 Å². The third-order valence-corrected chi connectivity index (χ3v) is 5.39. The summed E-state index contributed by atoms with van der Waals surface area (Å²) < 4.78 is 26.7. The molecule has 0 radical (unpaired) electrons. The minimum Gasteiger partial charge on any atom is -0.351 e. The van der Waals surface area contributed by atoms with Crippen molar-refractivity contribution in [3.8, 4) is 0 Å². The van der Waals surface area contributed by atoms with Gasteiger partial charge in [0.05, 0.1) is 10.9 Å². The third-order valence-electron chi connectivity index (χ3n) is 3.25. The van der Waals surface area contributed by atoms with Crippen LogP contribution in [-0.4, -0.2) is 20.4 Å². The van der Waals surface area contributed by atoms with Gasteiger partial charge in [0.1, 0.15) is 0 Å². The molecule has 8 heteroatoms. The normalized spacial score (nSPS) is 12.6. The molecule has 0 spiro atoms. The van der Waals surface area contributed by atoms with Crippen molar-refractivity contribution >= 4 is 39.1 Å². The number of nitrogens with one attached hydrogen (secondary N) is 2. The number of hydrogen-bond donors (Lipinski definition) is 2. The van der Waals surface area contributed by atoms with Crippen molar-refractivity contribution in [2.45, 2.75) is 24.4 Å². The number of amides is 1. The van der Waals surface area contributed by atoms with Gasteiger partial charge in [-0.2, -0.15) is 4.72 Å². The molecule has 0 aromatic heterocycles. The summed E-state index contributed by atoms with van der Waals surface area (Å²) in [5.41, 5.74) is 0.688. The molecule has 0 saturated carbocycles. The molecular weight excluding hydrogens is 371 g/mol. The van der Waals surface area contributed by atoms with Gasteiger partial charge in [-0.1, -0.05) is 47.5 Å². The van der Waals surface area contributed by atoms with E-state index in [1.54, 1.807) is 36.4 Å². The average molecular weight is 387 g/mol. The van der Waals surface area contributed by atoms with Gasteiger partial charge < -0.3 is 5.32 Å². The molecule has 1 atom stereocenters. The van der Waals surface area contributed by atoms with E-state index < -0.39 is 22.0 Å². The smallest absolute Gasteiger partial charge is 0.241 e. The largest absolute Gasteiger partial charge is 0.351 e. The first-order valence-electron chi connectivity index (χ1n) is 7.08. The lowest BCUT2D eigenvalue weighted by molar-refractivity contribution is -0.122. The van der Waals surface area contributed by atoms with Crippen LogP contribution < -0.4 is 10.0 Å². The maximum absolute atomic E-state index is 12.2. The maximum atomic E-state index is 12.2. The lowest BCUT2D eigenvalue weighted by Crippen LogP contribution is -2.44. The fourth-order valence-corrected chi connectivity index (χ4v) is 3.65. The number of rotatable bonds is 6. The summed E-state index contributed by atoms with van der Waals surface area (Å²) in [6, 6.07) is 11.9. The summed E-state index contributed by atoms with van der Waals surface area (Å²) in [5.74, 6) is -0.458. The van der Waals surface area contributed by atoms with Crippen molar-refractivity contribution in [1.82, 2.24) is 10.0 Å². The number of sulfonamides is 1. The molecule has 0 aliphatic rings. The third kappa shape index (κ3) is 4.95. The van der Waals surface area contributed by atoms with E-state index in [-0.39, 0.29) is 11.4 Å². The summed E-state index contributed by atoms with van der Waals surface area (Å²) in [6.45, 7) is 1.64.